The van der Waals surface area contributed by atoms with Crippen LogP contribution in [0.5, 0.6) is 0 Å². The predicted molar refractivity (Wildman–Crippen MR) is 59.3 cm³/mol. The summed E-state index contributed by atoms with van der Waals surface area (Å²) in [6, 6.07) is 0. The molecule has 0 saturated carbocycles. The molecule has 0 bridgehead atoms. The molecule has 3 heteroatoms. The van der Waals surface area contributed by atoms with E-state index in [1.807, 2.05) is 0 Å². The number of hydrogen-bond donors (Lipinski definition) is 0. The molecule has 0 unspecified atom stereocenters. The zero-order valence-corrected chi connectivity index (χ0v) is 11.1. The highest BCUT2D eigenvalue weighted by molar-refractivity contribution is 7.30. The number of hydrogen-bond acceptors (Lipinski definition) is 1. The smallest absolute Gasteiger partial charge is 0.108 e. The van der Waals surface area contributed by atoms with Crippen LogP contribution < -0.4 is 0 Å². The van der Waals surface area contributed by atoms with Gasteiger partial charge in [0.05, 0.1) is 0 Å². The molecule has 0 amide bonds. The van der Waals surface area contributed by atoms with Crippen molar-refractivity contribution in [1.29, 1.82) is 0 Å². The van der Waals surface area contributed by atoms with Gasteiger partial charge in [-0.15, -0.1) is 0 Å². The van der Waals surface area contributed by atoms with Gasteiger partial charge >= 0.3 is 0 Å². The van der Waals surface area contributed by atoms with Gasteiger partial charge in [0.15, 0.2) is 0 Å². The quantitative estimate of drug-likeness (QED) is 0.612. The van der Waals surface area contributed by atoms with E-state index in [0.717, 1.165) is 0 Å². The van der Waals surface area contributed by atoms with Crippen molar-refractivity contribution in [3.63, 3.8) is 0 Å². The maximum Gasteiger partial charge on any atom is 0.108 e. The van der Waals surface area contributed by atoms with Gasteiger partial charge in [0.1, 0.15) is 7.75 Å². The minimum absolute atomic E-state index is 0.408. The van der Waals surface area contributed by atoms with E-state index in [0.29, 0.717) is 0 Å². The molecular formula is C8H23NSi2. The molecule has 0 aromatic rings. The summed E-state index contributed by atoms with van der Waals surface area (Å²) in [5.74, 6) is 0. The Morgan fingerprint density at radius 3 is 1.55 bits per heavy atom. The predicted octanol–water partition coefficient (Wildman–Crippen LogP) is 2.10. The molecule has 0 N–H and O–H groups in total. The minimum Gasteiger partial charge on any atom is -0.327 e. The zero-order valence-electron chi connectivity index (χ0n) is 8.94. The Morgan fingerprint density at radius 1 is 1.09 bits per heavy atom. The summed E-state index contributed by atoms with van der Waals surface area (Å²) in [6.07, 6.45) is 0. The average molecular weight is 189 g/mol. The van der Waals surface area contributed by atoms with Crippen LogP contribution in [-0.4, -0.2) is 33.7 Å². The lowest BCUT2D eigenvalue weighted by molar-refractivity contribution is 0.477. The molecule has 68 valence electrons. The van der Waals surface area contributed by atoms with E-state index in [1.54, 1.807) is 0 Å². The molecule has 0 atom stereocenters. The fourth-order valence-electron chi connectivity index (χ4n) is 1.40. The van der Waals surface area contributed by atoms with E-state index in [4.69, 9.17) is 0 Å². The molecule has 0 radical (unpaired) electrons. The van der Waals surface area contributed by atoms with Crippen LogP contribution in [0.1, 0.15) is 13.8 Å². The summed E-state index contributed by atoms with van der Waals surface area (Å²) in [6.45, 7) is 17.1. The number of rotatable bonds is 4. The van der Waals surface area contributed by atoms with Crippen molar-refractivity contribution >= 4 is 16.1 Å². The average Bonchev–Trinajstić information content (AvgIpc) is 1.89. The highest BCUT2D eigenvalue weighted by Gasteiger charge is 2.31. The van der Waals surface area contributed by atoms with Gasteiger partial charge in [0.25, 0.3) is 0 Å². The van der Waals surface area contributed by atoms with E-state index < -0.39 is 16.1 Å². The SMILES string of the molecule is CCN(CC)[Si](C)(C)[SiH](C)C. The lowest BCUT2D eigenvalue weighted by Gasteiger charge is -2.38. The van der Waals surface area contributed by atoms with Gasteiger partial charge in [0.2, 0.25) is 0 Å². The third kappa shape index (κ3) is 2.72. The van der Waals surface area contributed by atoms with Gasteiger partial charge in [-0.2, -0.15) is 0 Å². The van der Waals surface area contributed by atoms with Gasteiger partial charge in [-0.25, -0.2) is 0 Å². The Morgan fingerprint density at radius 2 is 1.45 bits per heavy atom. The van der Waals surface area contributed by atoms with E-state index in [1.165, 1.54) is 13.1 Å². The van der Waals surface area contributed by atoms with E-state index >= 15 is 0 Å². The van der Waals surface area contributed by atoms with Crippen LogP contribution in [0.4, 0.5) is 0 Å². The maximum absolute atomic E-state index is 2.71. The summed E-state index contributed by atoms with van der Waals surface area (Å²) in [5, 5.41) is 0. The molecule has 0 heterocycles. The molecule has 0 saturated heterocycles. The molecular weight excluding hydrogens is 166 g/mol. The van der Waals surface area contributed by atoms with Gasteiger partial charge in [-0.1, -0.05) is 40.0 Å². The summed E-state index contributed by atoms with van der Waals surface area (Å²) in [7, 11) is -1.35. The van der Waals surface area contributed by atoms with Gasteiger partial charge in [-0.05, 0) is 13.1 Å². The summed E-state index contributed by atoms with van der Waals surface area (Å²) in [5.41, 5.74) is 0. The van der Waals surface area contributed by atoms with Crippen LogP contribution in [-0.2, 0) is 0 Å². The second kappa shape index (κ2) is 4.43. The first kappa shape index (κ1) is 11.4. The van der Waals surface area contributed by atoms with E-state index in [9.17, 15) is 0 Å². The van der Waals surface area contributed by atoms with Gasteiger partial charge in [-0.3, -0.25) is 0 Å². The Labute approximate surface area is 74.3 Å². The van der Waals surface area contributed by atoms with Gasteiger partial charge < -0.3 is 4.57 Å². The molecule has 0 spiro atoms. The fourth-order valence-corrected chi connectivity index (χ4v) is 7.05. The zero-order chi connectivity index (χ0) is 9.07. The first-order valence-electron chi connectivity index (χ1n) is 4.71. The Hall–Kier alpha value is 0.394. The highest BCUT2D eigenvalue weighted by atomic mass is 29.2. The molecule has 0 aliphatic heterocycles. The normalized spacial score (nSPS) is 13.1. The van der Waals surface area contributed by atoms with Crippen molar-refractivity contribution in [3.8, 4) is 0 Å². The largest absolute Gasteiger partial charge is 0.327 e. The van der Waals surface area contributed by atoms with Crippen LogP contribution in [0.2, 0.25) is 26.2 Å². The maximum atomic E-state index is 2.71. The summed E-state index contributed by atoms with van der Waals surface area (Å²) < 4.78 is 2.71. The van der Waals surface area contributed by atoms with Crippen LogP contribution in [0.25, 0.3) is 0 Å². The third-order valence-corrected chi connectivity index (χ3v) is 17.7. The van der Waals surface area contributed by atoms with Crippen LogP contribution >= 0.6 is 0 Å². The lowest BCUT2D eigenvalue weighted by Crippen LogP contribution is -2.57. The first-order valence-corrected chi connectivity index (χ1v) is 11.8. The molecule has 0 aliphatic rings. The molecule has 0 aromatic carbocycles. The molecule has 0 aromatic heterocycles. The Balaban J connectivity index is 4.24. The van der Waals surface area contributed by atoms with Crippen molar-refractivity contribution in [2.75, 3.05) is 13.1 Å². The first-order chi connectivity index (χ1) is 4.96. The minimum atomic E-state index is -0.938. The molecule has 1 nitrogen and oxygen atoms in total. The molecule has 0 rings (SSSR count). The summed E-state index contributed by atoms with van der Waals surface area (Å²) in [4.78, 5) is 0. The van der Waals surface area contributed by atoms with E-state index in [-0.39, 0.29) is 0 Å². The van der Waals surface area contributed by atoms with Crippen molar-refractivity contribution in [2.45, 2.75) is 40.0 Å². The van der Waals surface area contributed by atoms with Crippen molar-refractivity contribution in [2.24, 2.45) is 0 Å². The monoisotopic (exact) mass is 189 g/mol. The van der Waals surface area contributed by atoms with Gasteiger partial charge in [0, 0.05) is 8.31 Å². The second-order valence-corrected chi connectivity index (χ2v) is 17.9. The van der Waals surface area contributed by atoms with Crippen molar-refractivity contribution < 1.29 is 0 Å². The van der Waals surface area contributed by atoms with Crippen LogP contribution in [0.15, 0.2) is 0 Å². The lowest BCUT2D eigenvalue weighted by atomic mass is 10.7. The third-order valence-electron chi connectivity index (χ3n) is 2.99. The van der Waals surface area contributed by atoms with E-state index in [2.05, 4.69) is 44.6 Å². The van der Waals surface area contributed by atoms with Crippen LogP contribution in [0.3, 0.4) is 0 Å². The fraction of sp³-hybridized carbons (Fsp3) is 1.00. The van der Waals surface area contributed by atoms with Crippen molar-refractivity contribution in [1.82, 2.24) is 4.57 Å². The number of nitrogens with zero attached hydrogens (tertiary/aromatic N) is 1. The van der Waals surface area contributed by atoms with Crippen molar-refractivity contribution in [3.05, 3.63) is 0 Å². The summed E-state index contributed by atoms with van der Waals surface area (Å²) >= 11 is 0. The topological polar surface area (TPSA) is 3.24 Å². The Kier molecular flexibility index (Phi) is 4.59. The highest BCUT2D eigenvalue weighted by Crippen LogP contribution is 2.12. The second-order valence-electron chi connectivity index (χ2n) is 3.98. The Bertz CT molecular complexity index is 109. The molecule has 0 aliphatic carbocycles. The molecule has 0 fully saturated rings. The standard InChI is InChI=1S/C8H23NSi2/c1-7-9(8-2)11(5,6)10(3)4/h10H,7-8H2,1-6H3. The van der Waals surface area contributed by atoms with Crippen LogP contribution in [0, 0.1) is 0 Å². The molecule has 11 heavy (non-hydrogen) atoms.